The molecule has 2 aromatic heterocycles. The van der Waals surface area contributed by atoms with Crippen LogP contribution in [0, 0.1) is 31.2 Å². The molecule has 314 valence electrons. The maximum atomic E-state index is 14.3. The molecule has 1 saturated carbocycles. The summed E-state index contributed by atoms with van der Waals surface area (Å²) in [6.07, 6.45) is 1.33. The highest BCUT2D eigenvalue weighted by atomic mass is 16.6. The number of aromatic nitrogens is 3. The van der Waals surface area contributed by atoms with E-state index in [1.54, 1.807) is 0 Å². The number of benzene rings is 2. The summed E-state index contributed by atoms with van der Waals surface area (Å²) in [6, 6.07) is 11.9. The largest absolute Gasteiger partial charge is 0.490 e. The average Bonchev–Trinajstić information content (AvgIpc) is 3.77. The number of hydrogen-bond donors (Lipinski definition) is 3. The van der Waals surface area contributed by atoms with E-state index in [4.69, 9.17) is 35.2 Å². The normalized spacial score (nSPS) is 22.7. The van der Waals surface area contributed by atoms with Crippen molar-refractivity contribution >= 4 is 29.4 Å². The number of H-pyrrole nitrogens is 1. The van der Waals surface area contributed by atoms with Gasteiger partial charge in [0.1, 0.15) is 17.4 Å². The van der Waals surface area contributed by atoms with Crippen LogP contribution in [0.1, 0.15) is 92.0 Å². The van der Waals surface area contributed by atoms with E-state index in [9.17, 15) is 19.5 Å². The number of aliphatic carboxylic acids is 1. The van der Waals surface area contributed by atoms with Crippen LogP contribution in [0.15, 0.2) is 36.4 Å². The minimum atomic E-state index is -0.872. The summed E-state index contributed by atoms with van der Waals surface area (Å²) in [7, 11) is 0. The van der Waals surface area contributed by atoms with Crippen molar-refractivity contribution in [2.45, 2.75) is 85.0 Å². The van der Waals surface area contributed by atoms with Gasteiger partial charge < -0.3 is 39.0 Å². The van der Waals surface area contributed by atoms with E-state index < -0.39 is 18.0 Å². The molecule has 2 saturated heterocycles. The third kappa shape index (κ3) is 9.40. The molecule has 59 heavy (non-hydrogen) atoms. The van der Waals surface area contributed by atoms with Crippen molar-refractivity contribution in [2.24, 2.45) is 17.8 Å². The Balaban J connectivity index is 1.29. The average molecular weight is 811 g/mol. The fraction of sp³-hybridized carbons (Fsp3) is 0.523. The van der Waals surface area contributed by atoms with Gasteiger partial charge in [-0.2, -0.15) is 0 Å². The number of nitrogens with zero attached hydrogens (tertiary/aromatic N) is 4. The minimum Gasteiger partial charge on any atom is -0.490 e. The number of rotatable bonds is 12. The fourth-order valence-electron chi connectivity index (χ4n) is 8.77. The zero-order valence-electron chi connectivity index (χ0n) is 34.4. The van der Waals surface area contributed by atoms with E-state index >= 15 is 0 Å². The van der Waals surface area contributed by atoms with Gasteiger partial charge >= 0.3 is 18.0 Å². The predicted molar refractivity (Wildman–Crippen MR) is 218 cm³/mol. The number of amides is 1. The molecule has 2 aliphatic heterocycles. The first-order valence-corrected chi connectivity index (χ1v) is 20.6. The third-order valence-electron chi connectivity index (χ3n) is 11.6. The fourth-order valence-corrected chi connectivity index (χ4v) is 8.77. The predicted octanol–water partition coefficient (Wildman–Crippen LogP) is 7.13. The van der Waals surface area contributed by atoms with Crippen molar-refractivity contribution < 1.29 is 43.2 Å². The summed E-state index contributed by atoms with van der Waals surface area (Å²) < 4.78 is 31.2. The van der Waals surface area contributed by atoms with Crippen molar-refractivity contribution in [1.82, 2.24) is 24.8 Å². The monoisotopic (exact) mass is 810 g/mol. The number of nitrogens with one attached hydrogen (secondary N) is 2. The zero-order valence-corrected chi connectivity index (χ0v) is 34.4. The molecule has 3 aliphatic rings. The maximum absolute atomic E-state index is 14.3. The highest BCUT2D eigenvalue weighted by Crippen LogP contribution is 2.41. The summed E-state index contributed by atoms with van der Waals surface area (Å²) >= 11 is 0. The third-order valence-corrected chi connectivity index (χ3v) is 11.6. The van der Waals surface area contributed by atoms with Gasteiger partial charge in [0.2, 0.25) is 5.88 Å². The molecular weight excluding hydrogens is 757 g/mol. The van der Waals surface area contributed by atoms with Crippen LogP contribution in [-0.2, 0) is 25.4 Å². The van der Waals surface area contributed by atoms with Crippen LogP contribution in [0.5, 0.6) is 11.6 Å². The second-order valence-electron chi connectivity index (χ2n) is 16.4. The molecule has 3 fully saturated rings. The van der Waals surface area contributed by atoms with Gasteiger partial charge in [-0.1, -0.05) is 50.6 Å². The van der Waals surface area contributed by atoms with Crippen molar-refractivity contribution in [3.63, 3.8) is 0 Å². The molecule has 0 spiro atoms. The Hall–Kier alpha value is -5.43. The van der Waals surface area contributed by atoms with Crippen molar-refractivity contribution in [3.05, 3.63) is 75.6 Å². The van der Waals surface area contributed by atoms with Crippen LogP contribution in [0.25, 0.3) is 21.9 Å². The van der Waals surface area contributed by atoms with E-state index in [2.05, 4.69) is 42.1 Å². The molecule has 2 aromatic carbocycles. The molecule has 4 heterocycles. The first kappa shape index (κ1) is 41.7. The van der Waals surface area contributed by atoms with E-state index in [1.165, 1.54) is 9.42 Å². The molecule has 1 aliphatic carbocycles. The second-order valence-corrected chi connectivity index (χ2v) is 16.4. The molecular formula is C44H54N6O9. The van der Waals surface area contributed by atoms with Gasteiger partial charge in [-0.3, -0.25) is 9.89 Å². The van der Waals surface area contributed by atoms with Gasteiger partial charge in [-0.15, -0.1) is 0 Å². The Morgan fingerprint density at radius 3 is 2.49 bits per heavy atom. The van der Waals surface area contributed by atoms with Gasteiger partial charge in [0.25, 0.3) is 5.69 Å². The highest BCUT2D eigenvalue weighted by molar-refractivity contribution is 6.05. The van der Waals surface area contributed by atoms with Crippen LogP contribution in [0.4, 0.5) is 10.5 Å². The number of carboxylic acids is 1. The molecule has 0 radical (unpaired) electrons. The number of morpholine rings is 2. The van der Waals surface area contributed by atoms with Gasteiger partial charge in [0.15, 0.2) is 11.5 Å². The lowest BCUT2D eigenvalue weighted by Crippen LogP contribution is -2.42. The number of esters is 1. The molecule has 15 heteroatoms. The number of fused-ring (bicyclic) bond motifs is 1. The first-order valence-electron chi connectivity index (χ1n) is 20.6. The summed E-state index contributed by atoms with van der Waals surface area (Å²) in [5.74, 6) is 0.0849. The number of hydrogen-bond acceptors (Lipinski definition) is 10. The second kappa shape index (κ2) is 18.2. The molecule has 15 nitrogen and oxygen atoms in total. The molecule has 4 aromatic rings. The van der Waals surface area contributed by atoms with Crippen LogP contribution >= 0.6 is 0 Å². The van der Waals surface area contributed by atoms with Crippen LogP contribution < -0.4 is 14.8 Å². The zero-order chi connectivity index (χ0) is 41.8. The van der Waals surface area contributed by atoms with Crippen molar-refractivity contribution in [2.75, 3.05) is 46.1 Å². The summed E-state index contributed by atoms with van der Waals surface area (Å²) in [6.45, 7) is 21.6. The van der Waals surface area contributed by atoms with Gasteiger partial charge in [-0.25, -0.2) is 23.9 Å². The number of aryl methyl sites for hydroxylation is 1. The summed E-state index contributed by atoms with van der Waals surface area (Å²) in [4.78, 5) is 49.1. The highest BCUT2D eigenvalue weighted by Gasteiger charge is 2.38. The molecule has 7 rings (SSSR count). The van der Waals surface area contributed by atoms with E-state index in [0.29, 0.717) is 82.0 Å². The van der Waals surface area contributed by atoms with Gasteiger partial charge in [0.05, 0.1) is 45.1 Å². The molecule has 3 N–H and O–H groups in total. The number of aromatic amines is 1. The molecule has 1 amide bonds. The van der Waals surface area contributed by atoms with E-state index in [1.807, 2.05) is 44.2 Å². The Labute approximate surface area is 344 Å². The van der Waals surface area contributed by atoms with E-state index in [-0.39, 0.29) is 59.3 Å². The summed E-state index contributed by atoms with van der Waals surface area (Å²) in [5, 5.41) is 16.1. The standard InChI is InChI=1S/C44H54N6O9/c1-25-7-11-35(57-29(5)8-12-36(51)52)32(21-25)23-31-22-30(9-10-33(31)34-24-56-16-13-46-34)40-47-41-37(43(53)58-39-27(3)19-26(2)20-28(39)4)38(45-6)42(50(41)48-40)59-44(54)49-14-17-55-18-15-49/h7,9-11,21-22,26-29,34,39,46H,8,12-20,23-24H2,1-5H3,(H,47,48)(H,51,52). The first-order chi connectivity index (χ1) is 28.4. The van der Waals surface area contributed by atoms with Gasteiger partial charge in [0, 0.05) is 38.0 Å². The Morgan fingerprint density at radius 1 is 1.03 bits per heavy atom. The number of carbonyl (C=O) groups excluding carboxylic acids is 2. The van der Waals surface area contributed by atoms with Gasteiger partial charge in [-0.05, 0) is 79.7 Å². The maximum Gasteiger partial charge on any atom is 0.415 e. The summed E-state index contributed by atoms with van der Waals surface area (Å²) in [5.41, 5.74) is 4.55. The Bertz CT molecular complexity index is 2200. The van der Waals surface area contributed by atoms with Crippen molar-refractivity contribution in [1.29, 1.82) is 0 Å². The topological polar surface area (TPSA) is 170 Å². The molecule has 4 atom stereocenters. The minimum absolute atomic E-state index is 0.00268. The number of ether oxygens (including phenoxy) is 5. The Morgan fingerprint density at radius 2 is 1.80 bits per heavy atom. The lowest BCUT2D eigenvalue weighted by Gasteiger charge is -2.37. The van der Waals surface area contributed by atoms with Crippen LogP contribution in [0.3, 0.4) is 0 Å². The SMILES string of the molecule is [C-]#[N+]c1c(C(=O)OC2C(C)CC(C)CC2C)c2nc(-c3ccc(C4COCCN4)c(Cc4cc(C)ccc4OC(C)CCC(=O)O)c3)[nH]n2c1OC(=O)N1CCOCC1. The lowest BCUT2D eigenvalue weighted by molar-refractivity contribution is -0.137. The van der Waals surface area contributed by atoms with Crippen LogP contribution in [-0.4, -0.2) is 101 Å². The molecule has 4 unspecified atom stereocenters. The molecule has 0 bridgehead atoms. The van der Waals surface area contributed by atoms with Crippen LogP contribution in [0.2, 0.25) is 0 Å². The quantitative estimate of drug-likeness (QED) is 0.0983. The smallest absolute Gasteiger partial charge is 0.415 e. The number of carboxylic acid groups (broad SMARTS) is 1. The van der Waals surface area contributed by atoms with E-state index in [0.717, 1.165) is 35.1 Å². The lowest BCUT2D eigenvalue weighted by atomic mass is 9.75. The Kier molecular flexibility index (Phi) is 12.9. The van der Waals surface area contributed by atoms with Crippen molar-refractivity contribution in [3.8, 4) is 23.0 Å². The number of carbonyl (C=O) groups is 3.